The summed E-state index contributed by atoms with van der Waals surface area (Å²) in [6.45, 7) is 7.88. The fraction of sp³-hybridized carbons (Fsp3) is 0.360. The molecule has 0 atom stereocenters. The molecular formula is C25H33IN6O. The minimum Gasteiger partial charge on any atom is -0.506 e. The van der Waals surface area contributed by atoms with Gasteiger partial charge >= 0.3 is 0 Å². The minimum absolute atomic E-state index is 0. The summed E-state index contributed by atoms with van der Waals surface area (Å²) in [6.07, 6.45) is 4.70. The molecule has 33 heavy (non-hydrogen) atoms. The number of aliphatic imine (C=N–C) groups is 1. The lowest BCUT2D eigenvalue weighted by Crippen LogP contribution is -2.52. The maximum Gasteiger partial charge on any atom is 0.194 e. The lowest BCUT2D eigenvalue weighted by atomic mass is 10.2. The Kier molecular flexibility index (Phi) is 9.41. The number of rotatable bonds is 7. The fourth-order valence-corrected chi connectivity index (χ4v) is 4.07. The van der Waals surface area contributed by atoms with Gasteiger partial charge in [-0.3, -0.25) is 4.99 Å². The van der Waals surface area contributed by atoms with E-state index in [1.54, 1.807) is 6.07 Å². The van der Waals surface area contributed by atoms with Gasteiger partial charge in [0.2, 0.25) is 0 Å². The molecule has 8 heteroatoms. The molecule has 1 aliphatic rings. The number of guanidine groups is 1. The van der Waals surface area contributed by atoms with Gasteiger partial charge in [0.05, 0.1) is 5.69 Å². The molecule has 0 unspecified atom stereocenters. The largest absolute Gasteiger partial charge is 0.506 e. The molecule has 2 N–H and O–H groups in total. The number of nitrogens with one attached hydrogen (secondary N) is 1. The average Bonchev–Trinajstić information content (AvgIpc) is 3.26. The molecule has 1 aliphatic heterocycles. The van der Waals surface area contributed by atoms with Gasteiger partial charge in [-0.1, -0.05) is 42.5 Å². The van der Waals surface area contributed by atoms with Crippen LogP contribution in [0.4, 0.5) is 5.69 Å². The molecule has 3 aromatic rings. The highest BCUT2D eigenvalue weighted by Gasteiger charge is 2.21. The zero-order valence-corrected chi connectivity index (χ0v) is 21.4. The van der Waals surface area contributed by atoms with Crippen LogP contribution in [0.3, 0.4) is 0 Å². The minimum atomic E-state index is 0. The summed E-state index contributed by atoms with van der Waals surface area (Å²) >= 11 is 0. The highest BCUT2D eigenvalue weighted by molar-refractivity contribution is 14.0. The van der Waals surface area contributed by atoms with Crippen LogP contribution in [0.15, 0.2) is 72.0 Å². The van der Waals surface area contributed by atoms with E-state index < -0.39 is 0 Å². The molecular weight excluding hydrogens is 527 g/mol. The molecule has 1 fully saturated rings. The van der Waals surface area contributed by atoms with Gasteiger partial charge < -0.3 is 24.8 Å². The second kappa shape index (κ2) is 12.5. The first kappa shape index (κ1) is 24.9. The van der Waals surface area contributed by atoms with Gasteiger partial charge in [-0.2, -0.15) is 0 Å². The van der Waals surface area contributed by atoms with E-state index in [9.17, 15) is 5.11 Å². The van der Waals surface area contributed by atoms with Crippen molar-refractivity contribution >= 4 is 35.6 Å². The summed E-state index contributed by atoms with van der Waals surface area (Å²) in [5, 5.41) is 13.6. The number of para-hydroxylation sites is 2. The Balaban J connectivity index is 0.00000306. The first-order chi connectivity index (χ1) is 15.7. The van der Waals surface area contributed by atoms with Crippen LogP contribution < -0.4 is 10.2 Å². The molecule has 0 aliphatic carbocycles. The van der Waals surface area contributed by atoms with Crippen molar-refractivity contribution in [2.75, 3.05) is 44.2 Å². The van der Waals surface area contributed by atoms with Crippen LogP contribution in [0.5, 0.6) is 5.75 Å². The number of hydrogen-bond acceptors (Lipinski definition) is 4. The number of aromatic nitrogens is 2. The maximum absolute atomic E-state index is 10.1. The Labute approximate surface area is 213 Å². The van der Waals surface area contributed by atoms with E-state index >= 15 is 0 Å². The molecule has 0 spiro atoms. The van der Waals surface area contributed by atoms with Crippen molar-refractivity contribution in [3.05, 3.63) is 78.4 Å². The van der Waals surface area contributed by atoms with Gasteiger partial charge in [0.15, 0.2) is 5.96 Å². The number of hydrogen-bond donors (Lipinski definition) is 2. The first-order valence-electron chi connectivity index (χ1n) is 11.3. The van der Waals surface area contributed by atoms with Crippen LogP contribution in [-0.4, -0.2) is 64.8 Å². The molecule has 2 aromatic carbocycles. The van der Waals surface area contributed by atoms with Gasteiger partial charge in [-0.05, 0) is 24.6 Å². The number of anilines is 1. The van der Waals surface area contributed by atoms with Gasteiger partial charge in [-0.25, -0.2) is 4.98 Å². The summed E-state index contributed by atoms with van der Waals surface area (Å²) in [5.41, 5.74) is 2.17. The quantitative estimate of drug-likeness (QED) is 0.263. The van der Waals surface area contributed by atoms with Crippen molar-refractivity contribution < 1.29 is 5.11 Å². The highest BCUT2D eigenvalue weighted by atomic mass is 127. The average molecular weight is 560 g/mol. The van der Waals surface area contributed by atoms with Crippen molar-refractivity contribution in [2.24, 2.45) is 4.99 Å². The number of aromatic hydroxyl groups is 1. The van der Waals surface area contributed by atoms with Crippen molar-refractivity contribution in [1.82, 2.24) is 19.8 Å². The summed E-state index contributed by atoms with van der Waals surface area (Å²) < 4.78 is 2.20. The SMILES string of the molecule is CCNC(=NCCc1nccn1Cc1ccccc1)N1CCN(c2ccccc2O)CC1.I. The van der Waals surface area contributed by atoms with Crippen LogP contribution in [0, 0.1) is 0 Å². The van der Waals surface area contributed by atoms with Gasteiger partial charge in [0, 0.05) is 64.6 Å². The molecule has 0 saturated carbocycles. The van der Waals surface area contributed by atoms with E-state index in [1.165, 1.54) is 5.56 Å². The van der Waals surface area contributed by atoms with E-state index in [0.717, 1.165) is 63.2 Å². The molecule has 2 heterocycles. The number of phenols is 1. The third kappa shape index (κ3) is 6.63. The predicted molar refractivity (Wildman–Crippen MR) is 145 cm³/mol. The molecule has 0 amide bonds. The number of piperazine rings is 1. The number of phenolic OH excluding ortho intramolecular Hbond substituents is 1. The monoisotopic (exact) mass is 560 g/mol. The predicted octanol–water partition coefficient (Wildman–Crippen LogP) is 3.59. The smallest absolute Gasteiger partial charge is 0.194 e. The van der Waals surface area contributed by atoms with Crippen molar-refractivity contribution in [2.45, 2.75) is 19.9 Å². The third-order valence-electron chi connectivity index (χ3n) is 5.73. The molecule has 0 radical (unpaired) electrons. The summed E-state index contributed by atoms with van der Waals surface area (Å²) in [4.78, 5) is 14.0. The third-order valence-corrected chi connectivity index (χ3v) is 5.73. The number of imidazole rings is 1. The topological polar surface area (TPSA) is 68.9 Å². The molecule has 0 bridgehead atoms. The molecule has 7 nitrogen and oxygen atoms in total. The second-order valence-corrected chi connectivity index (χ2v) is 7.91. The van der Waals surface area contributed by atoms with Crippen LogP contribution in [0.1, 0.15) is 18.3 Å². The van der Waals surface area contributed by atoms with Gasteiger partial charge in [-0.15, -0.1) is 24.0 Å². The fourth-order valence-electron chi connectivity index (χ4n) is 4.07. The Morgan fingerprint density at radius 1 is 1.03 bits per heavy atom. The van der Waals surface area contributed by atoms with Crippen LogP contribution in [0.2, 0.25) is 0 Å². The van der Waals surface area contributed by atoms with E-state index in [2.05, 4.69) is 55.9 Å². The summed E-state index contributed by atoms with van der Waals surface area (Å²) in [6, 6.07) is 18.0. The van der Waals surface area contributed by atoms with Crippen LogP contribution >= 0.6 is 24.0 Å². The lowest BCUT2D eigenvalue weighted by Gasteiger charge is -2.37. The lowest BCUT2D eigenvalue weighted by molar-refractivity contribution is 0.370. The zero-order valence-electron chi connectivity index (χ0n) is 19.1. The molecule has 4 rings (SSSR count). The van der Waals surface area contributed by atoms with E-state index in [-0.39, 0.29) is 24.0 Å². The van der Waals surface area contributed by atoms with Crippen molar-refractivity contribution in [3.63, 3.8) is 0 Å². The van der Waals surface area contributed by atoms with E-state index in [0.29, 0.717) is 12.3 Å². The number of nitrogens with zero attached hydrogens (tertiary/aromatic N) is 5. The van der Waals surface area contributed by atoms with Gasteiger partial charge in [0.1, 0.15) is 11.6 Å². The number of halogens is 1. The first-order valence-corrected chi connectivity index (χ1v) is 11.3. The summed E-state index contributed by atoms with van der Waals surface area (Å²) in [7, 11) is 0. The summed E-state index contributed by atoms with van der Waals surface area (Å²) in [5.74, 6) is 2.34. The Bertz CT molecular complexity index is 1010. The zero-order chi connectivity index (χ0) is 22.2. The standard InChI is InChI=1S/C25H32N6O.HI/c1-2-26-25(30-18-16-29(17-19-30)22-10-6-7-11-23(22)32)28-13-12-24-27-14-15-31(24)20-21-8-4-3-5-9-21;/h3-11,14-15,32H,2,12-13,16-20H2,1H3,(H,26,28);1H. The second-order valence-electron chi connectivity index (χ2n) is 7.91. The molecule has 1 aromatic heterocycles. The highest BCUT2D eigenvalue weighted by Crippen LogP contribution is 2.27. The Hall–Kier alpha value is -2.75. The van der Waals surface area contributed by atoms with Gasteiger partial charge in [0.25, 0.3) is 0 Å². The molecule has 1 saturated heterocycles. The Morgan fingerprint density at radius 3 is 2.48 bits per heavy atom. The normalized spacial score (nSPS) is 14.2. The van der Waals surface area contributed by atoms with Crippen molar-refractivity contribution in [1.29, 1.82) is 0 Å². The van der Waals surface area contributed by atoms with Crippen LogP contribution in [0.25, 0.3) is 0 Å². The van der Waals surface area contributed by atoms with E-state index in [1.807, 2.05) is 36.7 Å². The molecule has 176 valence electrons. The van der Waals surface area contributed by atoms with E-state index in [4.69, 9.17) is 4.99 Å². The maximum atomic E-state index is 10.1. The van der Waals surface area contributed by atoms with Crippen molar-refractivity contribution in [3.8, 4) is 5.75 Å². The number of benzene rings is 2. The van der Waals surface area contributed by atoms with Crippen LogP contribution in [-0.2, 0) is 13.0 Å². The Morgan fingerprint density at radius 2 is 1.76 bits per heavy atom.